The zero-order valence-electron chi connectivity index (χ0n) is 44.7. The molecule has 0 amide bonds. The molecule has 0 aliphatic heterocycles. The zero-order chi connectivity index (χ0) is 52.4. The molecule has 0 spiro atoms. The first kappa shape index (κ1) is 71.1. The van der Waals surface area contributed by atoms with Crippen molar-refractivity contribution >= 4 is 30.4 Å². The van der Waals surface area contributed by atoms with Crippen LogP contribution in [0.2, 0.25) is 0 Å². The van der Waals surface area contributed by atoms with Gasteiger partial charge in [0.2, 0.25) is 0 Å². The summed E-state index contributed by atoms with van der Waals surface area (Å²) in [4.78, 5) is -0.150. The van der Waals surface area contributed by atoms with Crippen molar-refractivity contribution in [2.75, 3.05) is 0 Å². The summed E-state index contributed by atoms with van der Waals surface area (Å²) in [5, 5.41) is 8.06. The van der Waals surface area contributed by atoms with Crippen molar-refractivity contribution in [3.63, 3.8) is 0 Å². The van der Waals surface area contributed by atoms with Gasteiger partial charge >= 0.3 is 21.7 Å². The van der Waals surface area contributed by atoms with E-state index in [2.05, 4.69) is 20.8 Å². The second kappa shape index (κ2) is 45.5. The molecule has 10 nitrogen and oxygen atoms in total. The Morgan fingerprint density at radius 2 is 0.493 bits per heavy atom. The van der Waals surface area contributed by atoms with E-state index in [1.54, 1.807) is 68.4 Å². The van der Waals surface area contributed by atoms with Gasteiger partial charge < -0.3 is 18.8 Å². The van der Waals surface area contributed by atoms with Gasteiger partial charge in [-0.1, -0.05) is 249 Å². The van der Waals surface area contributed by atoms with E-state index in [-0.39, 0.29) is 42.5 Å². The van der Waals surface area contributed by atoms with Crippen LogP contribution < -0.4 is 0 Å². The summed E-state index contributed by atoms with van der Waals surface area (Å²) in [5.74, 6) is 0. The molecule has 0 saturated carbocycles. The summed E-state index contributed by atoms with van der Waals surface area (Å²) in [7, 11) is -13.0. The van der Waals surface area contributed by atoms with Gasteiger partial charge in [-0.25, -0.2) is 25.3 Å². The second-order valence-electron chi connectivity index (χ2n) is 19.1. The fourth-order valence-electron chi connectivity index (χ4n) is 8.27. The van der Waals surface area contributed by atoms with Gasteiger partial charge in [0.15, 0.2) is 0 Å². The van der Waals surface area contributed by atoms with E-state index >= 15 is 0 Å². The molecule has 0 unspecified atom stereocenters. The minimum absolute atomic E-state index is 0. The number of hydrogen-bond acceptors (Lipinski definition) is 10. The van der Waals surface area contributed by atoms with Gasteiger partial charge in [-0.15, -0.1) is 0 Å². The van der Waals surface area contributed by atoms with Gasteiger partial charge in [0, 0.05) is 6.10 Å². The first-order valence-electron chi connectivity index (χ1n) is 27.2. The van der Waals surface area contributed by atoms with Crippen molar-refractivity contribution in [2.24, 2.45) is 0 Å². The Labute approximate surface area is 449 Å². The van der Waals surface area contributed by atoms with Crippen molar-refractivity contribution in [1.82, 2.24) is 0 Å². The quantitative estimate of drug-likeness (QED) is 0.0333. The van der Waals surface area contributed by atoms with Gasteiger partial charge in [-0.05, 0) is 87.3 Å². The van der Waals surface area contributed by atoms with Crippen LogP contribution in [0.25, 0.3) is 0 Å². The molecular formula is C57H95O10S3Ti. The van der Waals surface area contributed by atoms with E-state index in [0.717, 1.165) is 38.5 Å². The van der Waals surface area contributed by atoms with Crippen LogP contribution in [-0.2, 0) is 71.3 Å². The minimum atomic E-state index is -4.35. The SMILES string of the molecule is CC(C)O.CCCCCCCCCCCCc1ccccc1S(=O)(=O)[O-].CCCCCCCCCCCCc1ccccc1S(=O)(=O)[O-].CCCCCCCCCCCCc1ccccc1S(=O)(=O)[O-].[Ti+3]. The van der Waals surface area contributed by atoms with Gasteiger partial charge in [-0.3, -0.25) is 0 Å². The summed E-state index contributed by atoms with van der Waals surface area (Å²) < 4.78 is 101. The van der Waals surface area contributed by atoms with Crippen LogP contribution in [0.3, 0.4) is 0 Å². The van der Waals surface area contributed by atoms with Crippen molar-refractivity contribution in [2.45, 2.75) is 267 Å². The zero-order valence-corrected chi connectivity index (χ0v) is 48.7. The van der Waals surface area contributed by atoms with E-state index in [4.69, 9.17) is 5.11 Å². The normalized spacial score (nSPS) is 11.4. The number of benzene rings is 3. The number of hydrogen-bond donors (Lipinski definition) is 1. The van der Waals surface area contributed by atoms with Gasteiger partial charge in [0.1, 0.15) is 30.4 Å². The van der Waals surface area contributed by atoms with E-state index in [1.807, 2.05) is 0 Å². The molecule has 0 atom stereocenters. The predicted molar refractivity (Wildman–Crippen MR) is 287 cm³/mol. The third-order valence-electron chi connectivity index (χ3n) is 12.1. The topological polar surface area (TPSA) is 192 Å². The Morgan fingerprint density at radius 1 is 0.338 bits per heavy atom. The summed E-state index contributed by atoms with van der Waals surface area (Å²) >= 11 is 0. The monoisotopic (exact) mass is 1080 g/mol. The van der Waals surface area contributed by atoms with Crippen LogP contribution in [0.15, 0.2) is 87.5 Å². The van der Waals surface area contributed by atoms with Crippen LogP contribution in [0.1, 0.15) is 244 Å². The average Bonchev–Trinajstić information content (AvgIpc) is 3.30. The molecule has 3 aromatic carbocycles. The van der Waals surface area contributed by atoms with Crippen LogP contribution >= 0.6 is 0 Å². The largest absolute Gasteiger partial charge is 3.00 e. The molecule has 1 radical (unpaired) electrons. The van der Waals surface area contributed by atoms with Crippen molar-refractivity contribution < 1.29 is 65.7 Å². The van der Waals surface area contributed by atoms with Gasteiger partial charge in [0.05, 0.1) is 14.7 Å². The van der Waals surface area contributed by atoms with Crippen molar-refractivity contribution in [1.29, 1.82) is 0 Å². The second-order valence-corrected chi connectivity index (χ2v) is 23.1. The summed E-state index contributed by atoms with van der Waals surface area (Å²) in [6, 6.07) is 19.7. The molecule has 3 aromatic rings. The Kier molecular flexibility index (Phi) is 45.5. The van der Waals surface area contributed by atoms with Crippen LogP contribution in [-0.4, -0.2) is 50.1 Å². The summed E-state index contributed by atoms with van der Waals surface area (Å²) in [6.07, 6.45) is 39.3. The van der Waals surface area contributed by atoms with E-state index in [9.17, 15) is 38.9 Å². The molecule has 0 heterocycles. The maximum absolute atomic E-state index is 11.2. The minimum Gasteiger partial charge on any atom is -0.744 e. The molecule has 14 heteroatoms. The molecule has 0 bridgehead atoms. The number of unbranched alkanes of at least 4 members (excludes halogenated alkanes) is 27. The molecule has 0 fully saturated rings. The molecule has 0 aliphatic rings. The third-order valence-corrected chi connectivity index (χ3v) is 14.9. The van der Waals surface area contributed by atoms with E-state index in [0.29, 0.717) is 36.0 Å². The molecular weight excluding hydrogens is 989 g/mol. The fraction of sp³-hybridized carbons (Fsp3) is 0.684. The third kappa shape index (κ3) is 41.1. The smallest absolute Gasteiger partial charge is 0.744 e. The van der Waals surface area contributed by atoms with Crippen LogP contribution in [0.5, 0.6) is 0 Å². The van der Waals surface area contributed by atoms with Gasteiger partial charge in [0.25, 0.3) is 0 Å². The molecule has 1 N–H and O–H groups in total. The first-order chi connectivity index (χ1) is 33.4. The molecule has 71 heavy (non-hydrogen) atoms. The molecule has 0 aromatic heterocycles. The Balaban J connectivity index is 0. The maximum atomic E-state index is 11.2. The number of rotatable bonds is 36. The van der Waals surface area contributed by atoms with Crippen molar-refractivity contribution in [3.05, 3.63) is 89.5 Å². The molecule has 405 valence electrons. The Morgan fingerprint density at radius 3 is 0.662 bits per heavy atom. The summed E-state index contributed by atoms with van der Waals surface area (Å²) in [5.41, 5.74) is 1.99. The molecule has 0 aliphatic carbocycles. The maximum Gasteiger partial charge on any atom is 3.00 e. The fourth-order valence-corrected chi connectivity index (χ4v) is 10.5. The van der Waals surface area contributed by atoms with E-state index in [1.165, 1.54) is 172 Å². The number of aliphatic hydroxyl groups is 1. The predicted octanol–water partition coefficient (Wildman–Crippen LogP) is 15.5. The van der Waals surface area contributed by atoms with Crippen LogP contribution in [0, 0.1) is 0 Å². The number of aliphatic hydroxyl groups excluding tert-OH is 1. The summed E-state index contributed by atoms with van der Waals surface area (Å²) in [6.45, 7) is 10.1. The number of aryl methyl sites for hydroxylation is 3. The standard InChI is InChI=1S/3C18H30O3S.C3H8O.Ti/c3*1-2-3-4-5-6-7-8-9-10-11-14-17-15-12-13-16-18(17)22(19,20)21;1-3(2)4;/h3*12-13,15-16H,2-11,14H2,1H3,(H,19,20,21);3-4H,1-2H3;/q;;;;+3/p-3. The molecule has 0 saturated heterocycles. The Hall–Kier alpha value is -1.94. The first-order valence-corrected chi connectivity index (χ1v) is 31.4. The van der Waals surface area contributed by atoms with Crippen LogP contribution in [0.4, 0.5) is 0 Å². The Bertz CT molecular complexity index is 1810. The van der Waals surface area contributed by atoms with Crippen molar-refractivity contribution in [3.8, 4) is 0 Å². The van der Waals surface area contributed by atoms with E-state index < -0.39 is 30.4 Å². The van der Waals surface area contributed by atoms with Gasteiger partial charge in [-0.2, -0.15) is 0 Å². The average molecular weight is 1080 g/mol. The molecule has 3 rings (SSSR count).